The Morgan fingerprint density at radius 2 is 2.14 bits per heavy atom. The lowest BCUT2D eigenvalue weighted by Crippen LogP contribution is -2.54. The Balaban J connectivity index is 1.68. The van der Waals surface area contributed by atoms with E-state index < -0.39 is 0 Å². The molecule has 1 unspecified atom stereocenters. The van der Waals surface area contributed by atoms with Gasteiger partial charge in [0.15, 0.2) is 0 Å². The first kappa shape index (κ1) is 13.9. The largest absolute Gasteiger partial charge is 0.490 e. The Bertz CT molecular complexity index is 556. The summed E-state index contributed by atoms with van der Waals surface area (Å²) in [6.07, 6.45) is 3.51. The second-order valence-electron chi connectivity index (χ2n) is 5.39. The standard InChI is InChI=1S/C17H21N3O/c1-14-4-6-15(7-5-14)20-10-9-19-11-16(20)13-21-17-3-2-8-18-12-17/h2-8,12,16,19H,9-11,13H2,1H3. The first-order valence-electron chi connectivity index (χ1n) is 7.40. The third-order valence-corrected chi connectivity index (χ3v) is 3.79. The average Bonchev–Trinajstić information content (AvgIpc) is 2.55. The van der Waals surface area contributed by atoms with Crippen LogP contribution < -0.4 is 15.0 Å². The molecule has 1 fully saturated rings. The monoisotopic (exact) mass is 283 g/mol. The molecule has 0 saturated carbocycles. The van der Waals surface area contributed by atoms with Gasteiger partial charge < -0.3 is 15.0 Å². The number of aryl methyl sites for hydroxylation is 1. The van der Waals surface area contributed by atoms with Crippen LogP contribution in [0, 0.1) is 6.92 Å². The van der Waals surface area contributed by atoms with Crippen LogP contribution >= 0.6 is 0 Å². The summed E-state index contributed by atoms with van der Waals surface area (Å²) in [6.45, 7) is 5.73. The molecule has 21 heavy (non-hydrogen) atoms. The summed E-state index contributed by atoms with van der Waals surface area (Å²) in [5, 5.41) is 3.44. The quantitative estimate of drug-likeness (QED) is 0.934. The fourth-order valence-corrected chi connectivity index (χ4v) is 2.61. The molecule has 2 aromatic rings. The van der Waals surface area contributed by atoms with E-state index in [0.717, 1.165) is 25.4 Å². The summed E-state index contributed by atoms with van der Waals surface area (Å²) in [7, 11) is 0. The fraction of sp³-hybridized carbons (Fsp3) is 0.353. The van der Waals surface area contributed by atoms with E-state index in [1.54, 1.807) is 12.4 Å². The molecule has 0 bridgehead atoms. The lowest BCUT2D eigenvalue weighted by Gasteiger charge is -2.37. The number of anilines is 1. The third-order valence-electron chi connectivity index (χ3n) is 3.79. The van der Waals surface area contributed by atoms with Gasteiger partial charge in [-0.2, -0.15) is 0 Å². The molecule has 1 saturated heterocycles. The maximum Gasteiger partial charge on any atom is 0.137 e. The lowest BCUT2D eigenvalue weighted by atomic mass is 10.1. The molecule has 1 aromatic heterocycles. The number of pyridine rings is 1. The zero-order valence-electron chi connectivity index (χ0n) is 12.3. The van der Waals surface area contributed by atoms with Gasteiger partial charge in [-0.3, -0.25) is 4.98 Å². The molecular weight excluding hydrogens is 262 g/mol. The molecule has 4 heteroatoms. The van der Waals surface area contributed by atoms with Crippen molar-refractivity contribution in [1.82, 2.24) is 10.3 Å². The molecule has 3 rings (SSSR count). The molecule has 0 radical (unpaired) electrons. The van der Waals surface area contributed by atoms with Crippen LogP contribution in [0.25, 0.3) is 0 Å². The van der Waals surface area contributed by atoms with Gasteiger partial charge in [0.1, 0.15) is 12.4 Å². The number of hydrogen-bond donors (Lipinski definition) is 1. The molecule has 2 heterocycles. The normalized spacial score (nSPS) is 18.5. The van der Waals surface area contributed by atoms with E-state index in [9.17, 15) is 0 Å². The van der Waals surface area contributed by atoms with E-state index in [4.69, 9.17) is 4.74 Å². The highest BCUT2D eigenvalue weighted by Crippen LogP contribution is 2.20. The molecule has 1 aromatic carbocycles. The smallest absolute Gasteiger partial charge is 0.137 e. The van der Waals surface area contributed by atoms with E-state index >= 15 is 0 Å². The minimum atomic E-state index is 0.335. The summed E-state index contributed by atoms with van der Waals surface area (Å²) >= 11 is 0. The molecule has 1 N–H and O–H groups in total. The van der Waals surface area contributed by atoms with Crippen LogP contribution in [0.2, 0.25) is 0 Å². The van der Waals surface area contributed by atoms with Crippen molar-refractivity contribution in [3.05, 3.63) is 54.4 Å². The van der Waals surface area contributed by atoms with Crippen molar-refractivity contribution in [2.45, 2.75) is 13.0 Å². The summed E-state index contributed by atoms with van der Waals surface area (Å²) < 4.78 is 5.88. The van der Waals surface area contributed by atoms with Crippen molar-refractivity contribution in [2.24, 2.45) is 0 Å². The van der Waals surface area contributed by atoms with E-state index in [1.807, 2.05) is 12.1 Å². The fourth-order valence-electron chi connectivity index (χ4n) is 2.61. The van der Waals surface area contributed by atoms with Gasteiger partial charge in [0.2, 0.25) is 0 Å². The van der Waals surface area contributed by atoms with Crippen LogP contribution in [0.3, 0.4) is 0 Å². The molecule has 110 valence electrons. The van der Waals surface area contributed by atoms with Crippen LogP contribution in [0.1, 0.15) is 5.56 Å². The van der Waals surface area contributed by atoms with Gasteiger partial charge in [-0.05, 0) is 31.2 Å². The number of nitrogens with zero attached hydrogens (tertiary/aromatic N) is 2. The summed E-state index contributed by atoms with van der Waals surface area (Å²) in [6, 6.07) is 12.9. The van der Waals surface area contributed by atoms with Gasteiger partial charge >= 0.3 is 0 Å². The average molecular weight is 283 g/mol. The van der Waals surface area contributed by atoms with Crippen LogP contribution in [0.5, 0.6) is 5.75 Å². The van der Waals surface area contributed by atoms with E-state index in [2.05, 4.69) is 46.4 Å². The second-order valence-corrected chi connectivity index (χ2v) is 5.39. The van der Waals surface area contributed by atoms with E-state index in [-0.39, 0.29) is 0 Å². The van der Waals surface area contributed by atoms with Gasteiger partial charge in [0.05, 0.1) is 12.2 Å². The molecule has 0 amide bonds. The van der Waals surface area contributed by atoms with Gasteiger partial charge in [0.25, 0.3) is 0 Å². The van der Waals surface area contributed by atoms with Crippen molar-refractivity contribution in [3.8, 4) is 5.75 Å². The second kappa shape index (κ2) is 6.59. The molecule has 1 aliphatic rings. The highest BCUT2D eigenvalue weighted by molar-refractivity contribution is 5.49. The van der Waals surface area contributed by atoms with Crippen LogP contribution in [0.4, 0.5) is 5.69 Å². The van der Waals surface area contributed by atoms with Gasteiger partial charge in [-0.15, -0.1) is 0 Å². The topological polar surface area (TPSA) is 37.4 Å². The first-order valence-corrected chi connectivity index (χ1v) is 7.40. The number of rotatable bonds is 4. The van der Waals surface area contributed by atoms with Crippen LogP contribution in [-0.4, -0.2) is 37.3 Å². The Hall–Kier alpha value is -2.07. The number of benzene rings is 1. The van der Waals surface area contributed by atoms with Crippen molar-refractivity contribution < 1.29 is 4.74 Å². The zero-order valence-corrected chi connectivity index (χ0v) is 12.3. The van der Waals surface area contributed by atoms with Gasteiger partial charge in [-0.1, -0.05) is 17.7 Å². The van der Waals surface area contributed by atoms with Gasteiger partial charge in [-0.25, -0.2) is 0 Å². The Kier molecular flexibility index (Phi) is 4.36. The van der Waals surface area contributed by atoms with Gasteiger partial charge in [0, 0.05) is 31.5 Å². The number of ether oxygens (including phenoxy) is 1. The highest BCUT2D eigenvalue weighted by Gasteiger charge is 2.23. The number of aromatic nitrogens is 1. The SMILES string of the molecule is Cc1ccc(N2CCNCC2COc2cccnc2)cc1. The zero-order chi connectivity index (χ0) is 14.5. The molecule has 1 atom stereocenters. The maximum absolute atomic E-state index is 5.88. The summed E-state index contributed by atoms with van der Waals surface area (Å²) in [5.74, 6) is 0.826. The minimum absolute atomic E-state index is 0.335. The number of piperazine rings is 1. The van der Waals surface area contributed by atoms with Crippen LogP contribution in [0.15, 0.2) is 48.8 Å². The highest BCUT2D eigenvalue weighted by atomic mass is 16.5. The molecule has 0 spiro atoms. The minimum Gasteiger partial charge on any atom is -0.490 e. The first-order chi connectivity index (χ1) is 10.3. The Morgan fingerprint density at radius 1 is 1.29 bits per heavy atom. The number of nitrogens with one attached hydrogen (secondary N) is 1. The Morgan fingerprint density at radius 3 is 2.90 bits per heavy atom. The molecule has 0 aliphatic carbocycles. The maximum atomic E-state index is 5.88. The molecular formula is C17H21N3O. The van der Waals surface area contributed by atoms with Crippen molar-refractivity contribution in [1.29, 1.82) is 0 Å². The predicted octanol–water partition coefficient (Wildman–Crippen LogP) is 2.25. The van der Waals surface area contributed by atoms with Crippen molar-refractivity contribution >= 4 is 5.69 Å². The number of hydrogen-bond acceptors (Lipinski definition) is 4. The van der Waals surface area contributed by atoms with Crippen molar-refractivity contribution in [3.63, 3.8) is 0 Å². The molecule has 4 nitrogen and oxygen atoms in total. The Labute approximate surface area is 125 Å². The lowest BCUT2D eigenvalue weighted by molar-refractivity contribution is 0.266. The predicted molar refractivity (Wildman–Crippen MR) is 84.9 cm³/mol. The summed E-state index contributed by atoms with van der Waals surface area (Å²) in [5.41, 5.74) is 2.55. The van der Waals surface area contributed by atoms with E-state index in [1.165, 1.54) is 11.3 Å². The third kappa shape index (κ3) is 3.52. The van der Waals surface area contributed by atoms with Crippen molar-refractivity contribution in [2.75, 3.05) is 31.1 Å². The summed E-state index contributed by atoms with van der Waals surface area (Å²) in [4.78, 5) is 6.50. The molecule has 1 aliphatic heterocycles. The van der Waals surface area contributed by atoms with Crippen LogP contribution in [-0.2, 0) is 0 Å². The van der Waals surface area contributed by atoms with E-state index in [0.29, 0.717) is 12.6 Å².